The van der Waals surface area contributed by atoms with Crippen molar-refractivity contribution in [3.63, 3.8) is 0 Å². The Morgan fingerprint density at radius 2 is 1.36 bits per heavy atom. The molecular weight excluding hydrogens is 541 g/mol. The van der Waals surface area contributed by atoms with Gasteiger partial charge in [0.2, 0.25) is 5.78 Å². The van der Waals surface area contributed by atoms with E-state index in [9.17, 15) is 19.2 Å². The van der Waals surface area contributed by atoms with E-state index in [1.165, 1.54) is 43.5 Å². The molecule has 0 fully saturated rings. The van der Waals surface area contributed by atoms with E-state index in [-0.39, 0.29) is 32.4 Å². The molecule has 4 aromatic rings. The molecule has 0 radical (unpaired) electrons. The lowest BCUT2D eigenvalue weighted by molar-refractivity contribution is 0.0280. The number of rotatable bonds is 7. The quantitative estimate of drug-likeness (QED) is 0.144. The molecule has 1 atom stereocenters. The summed E-state index contributed by atoms with van der Waals surface area (Å²) in [6.45, 7) is 0. The molecule has 39 heavy (non-hydrogen) atoms. The Bertz CT molecular complexity index is 1580. The summed E-state index contributed by atoms with van der Waals surface area (Å²) in [6, 6.07) is 23.6. The van der Waals surface area contributed by atoms with Crippen LogP contribution in [0.3, 0.4) is 0 Å². The number of imide groups is 1. The predicted molar refractivity (Wildman–Crippen MR) is 146 cm³/mol. The second-order valence-electron chi connectivity index (χ2n) is 8.60. The summed E-state index contributed by atoms with van der Waals surface area (Å²) in [4.78, 5) is 53.7. The van der Waals surface area contributed by atoms with E-state index in [0.717, 1.165) is 4.90 Å². The van der Waals surface area contributed by atoms with Crippen molar-refractivity contribution in [2.45, 2.75) is 6.10 Å². The van der Waals surface area contributed by atoms with Crippen LogP contribution in [0.5, 0.6) is 5.75 Å². The summed E-state index contributed by atoms with van der Waals surface area (Å²) in [5.41, 5.74) is 1.23. The van der Waals surface area contributed by atoms with E-state index in [2.05, 4.69) is 0 Å². The number of hydrogen-bond donors (Lipinski definition) is 0. The third kappa shape index (κ3) is 5.02. The van der Waals surface area contributed by atoms with E-state index in [0.29, 0.717) is 16.9 Å². The topological polar surface area (TPSA) is 90.0 Å². The molecule has 1 aliphatic rings. The van der Waals surface area contributed by atoms with Gasteiger partial charge in [-0.1, -0.05) is 59.6 Å². The lowest BCUT2D eigenvalue weighted by atomic mass is 9.99. The van der Waals surface area contributed by atoms with E-state index < -0.39 is 29.7 Å². The second-order valence-corrected chi connectivity index (χ2v) is 9.41. The van der Waals surface area contributed by atoms with Gasteiger partial charge in [-0.15, -0.1) is 0 Å². The van der Waals surface area contributed by atoms with Crippen LogP contribution in [0.15, 0.2) is 91.0 Å². The van der Waals surface area contributed by atoms with Crippen LogP contribution in [-0.4, -0.2) is 30.7 Å². The standard InChI is InChI=1S/C30H19Cl2NO6/c1-38-21-12-10-17(11-13-21)26(34)27(18-6-3-2-4-7-18)39-30(37)19-8-5-9-20(14-19)33-28(35)22-15-24(31)25(32)16-23(22)29(33)36/h2-16,27H,1H3/t27-/m0/s1. The number of benzene rings is 4. The van der Waals surface area contributed by atoms with Crippen molar-refractivity contribution in [1.29, 1.82) is 0 Å². The summed E-state index contributed by atoms with van der Waals surface area (Å²) < 4.78 is 10.9. The summed E-state index contributed by atoms with van der Waals surface area (Å²) in [6.07, 6.45) is -1.24. The smallest absolute Gasteiger partial charge is 0.339 e. The van der Waals surface area contributed by atoms with Crippen molar-refractivity contribution in [3.8, 4) is 5.75 Å². The Hall–Kier alpha value is -4.46. The number of ether oxygens (including phenoxy) is 2. The van der Waals surface area contributed by atoms with Crippen LogP contribution < -0.4 is 9.64 Å². The molecule has 0 saturated heterocycles. The van der Waals surface area contributed by atoms with Gasteiger partial charge in [-0.2, -0.15) is 0 Å². The molecule has 5 rings (SSSR count). The molecule has 0 N–H and O–H groups in total. The molecular formula is C30H19Cl2NO6. The number of anilines is 1. The zero-order valence-electron chi connectivity index (χ0n) is 20.4. The molecule has 0 saturated carbocycles. The lowest BCUT2D eigenvalue weighted by Gasteiger charge is -2.19. The molecule has 0 spiro atoms. The Labute approximate surface area is 233 Å². The van der Waals surface area contributed by atoms with E-state index in [1.54, 1.807) is 54.6 Å². The number of nitrogens with zero attached hydrogens (tertiary/aromatic N) is 1. The number of Topliss-reactive ketones (excluding diaryl/α,β-unsaturated/α-hetero) is 1. The fourth-order valence-electron chi connectivity index (χ4n) is 4.22. The molecule has 0 unspecified atom stereocenters. The Morgan fingerprint density at radius 3 is 1.95 bits per heavy atom. The van der Waals surface area contributed by atoms with Crippen molar-refractivity contribution in [1.82, 2.24) is 0 Å². The van der Waals surface area contributed by atoms with Crippen LogP contribution in [0.1, 0.15) is 53.1 Å². The molecule has 9 heteroatoms. The Balaban J connectivity index is 1.44. The largest absolute Gasteiger partial charge is 0.497 e. The highest BCUT2D eigenvalue weighted by Crippen LogP contribution is 2.34. The molecule has 4 aromatic carbocycles. The van der Waals surface area contributed by atoms with Gasteiger partial charge in [0, 0.05) is 11.1 Å². The number of fused-ring (bicyclic) bond motifs is 1. The van der Waals surface area contributed by atoms with Crippen molar-refractivity contribution >= 4 is 52.5 Å². The first-order chi connectivity index (χ1) is 18.8. The highest BCUT2D eigenvalue weighted by Gasteiger charge is 2.38. The van der Waals surface area contributed by atoms with Gasteiger partial charge in [0.25, 0.3) is 11.8 Å². The van der Waals surface area contributed by atoms with Crippen molar-refractivity contribution in [3.05, 3.63) is 129 Å². The minimum Gasteiger partial charge on any atom is -0.497 e. The van der Waals surface area contributed by atoms with Crippen molar-refractivity contribution in [2.24, 2.45) is 0 Å². The molecule has 0 aliphatic carbocycles. The monoisotopic (exact) mass is 559 g/mol. The molecule has 194 valence electrons. The maximum atomic E-state index is 13.4. The van der Waals surface area contributed by atoms with Gasteiger partial charge in [0.1, 0.15) is 5.75 Å². The van der Waals surface area contributed by atoms with Gasteiger partial charge >= 0.3 is 5.97 Å². The maximum Gasteiger partial charge on any atom is 0.339 e. The number of esters is 1. The van der Waals surface area contributed by atoms with Gasteiger partial charge in [-0.05, 0) is 54.6 Å². The average molecular weight is 560 g/mol. The van der Waals surface area contributed by atoms with E-state index in [4.69, 9.17) is 32.7 Å². The SMILES string of the molecule is COc1ccc(C(=O)[C@@H](OC(=O)c2cccc(N3C(=O)c4cc(Cl)c(Cl)cc4C3=O)c2)c2ccccc2)cc1. The minimum atomic E-state index is -1.24. The van der Waals surface area contributed by atoms with Crippen LogP contribution in [0.2, 0.25) is 10.0 Å². The highest BCUT2D eigenvalue weighted by atomic mass is 35.5. The third-order valence-electron chi connectivity index (χ3n) is 6.21. The van der Waals surface area contributed by atoms with Crippen LogP contribution in [0.4, 0.5) is 5.69 Å². The number of halogens is 2. The van der Waals surface area contributed by atoms with Crippen LogP contribution in [0, 0.1) is 0 Å². The van der Waals surface area contributed by atoms with Crippen molar-refractivity contribution in [2.75, 3.05) is 12.0 Å². The number of carbonyl (C=O) groups is 4. The maximum absolute atomic E-state index is 13.4. The fraction of sp³-hybridized carbons (Fsp3) is 0.0667. The first-order valence-electron chi connectivity index (χ1n) is 11.7. The van der Waals surface area contributed by atoms with E-state index >= 15 is 0 Å². The molecule has 0 bridgehead atoms. The van der Waals surface area contributed by atoms with Crippen LogP contribution in [-0.2, 0) is 4.74 Å². The highest BCUT2D eigenvalue weighted by molar-refractivity contribution is 6.44. The second kappa shape index (κ2) is 10.7. The van der Waals surface area contributed by atoms with Crippen LogP contribution >= 0.6 is 23.2 Å². The number of ketones is 1. The molecule has 1 aliphatic heterocycles. The number of hydrogen-bond acceptors (Lipinski definition) is 6. The summed E-state index contributed by atoms with van der Waals surface area (Å²) in [5.74, 6) is -1.86. The number of methoxy groups -OCH3 is 1. The average Bonchev–Trinajstić information content (AvgIpc) is 3.20. The predicted octanol–water partition coefficient (Wildman–Crippen LogP) is 6.58. The van der Waals surface area contributed by atoms with Gasteiger partial charge in [0.15, 0.2) is 6.10 Å². The normalized spacial score (nSPS) is 13.2. The van der Waals surface area contributed by atoms with Crippen molar-refractivity contribution < 1.29 is 28.7 Å². The van der Waals surface area contributed by atoms with Crippen LogP contribution in [0.25, 0.3) is 0 Å². The van der Waals surface area contributed by atoms with E-state index in [1.807, 2.05) is 0 Å². The number of carbonyl (C=O) groups excluding carboxylic acids is 4. The first-order valence-corrected chi connectivity index (χ1v) is 12.5. The number of amides is 2. The van der Waals surface area contributed by atoms with Gasteiger partial charge < -0.3 is 9.47 Å². The third-order valence-corrected chi connectivity index (χ3v) is 6.93. The lowest BCUT2D eigenvalue weighted by Crippen LogP contribution is -2.29. The zero-order valence-corrected chi connectivity index (χ0v) is 21.9. The fourth-order valence-corrected chi connectivity index (χ4v) is 4.55. The summed E-state index contributed by atoms with van der Waals surface area (Å²) in [7, 11) is 1.52. The Morgan fingerprint density at radius 1 is 0.744 bits per heavy atom. The molecule has 1 heterocycles. The zero-order chi connectivity index (χ0) is 27.7. The minimum absolute atomic E-state index is 0.0450. The van der Waals surface area contributed by atoms with Gasteiger partial charge in [-0.3, -0.25) is 14.4 Å². The van der Waals surface area contributed by atoms with Gasteiger partial charge in [-0.25, -0.2) is 9.69 Å². The molecule has 0 aromatic heterocycles. The molecule has 2 amide bonds. The summed E-state index contributed by atoms with van der Waals surface area (Å²) >= 11 is 12.1. The van der Waals surface area contributed by atoms with Gasteiger partial charge in [0.05, 0.1) is 39.5 Å². The Kier molecular flexibility index (Phi) is 7.19. The summed E-state index contributed by atoms with van der Waals surface area (Å²) in [5, 5.41) is 0.286. The first kappa shape index (κ1) is 26.2. The molecule has 7 nitrogen and oxygen atoms in total.